The Morgan fingerprint density at radius 2 is 1.92 bits per heavy atom. The topological polar surface area (TPSA) is 29.1 Å². The van der Waals surface area contributed by atoms with Gasteiger partial charge in [0.1, 0.15) is 0 Å². The van der Waals surface area contributed by atoms with Gasteiger partial charge in [-0.2, -0.15) is 0 Å². The van der Waals surface area contributed by atoms with Gasteiger partial charge < -0.3 is 5.32 Å². The van der Waals surface area contributed by atoms with Crippen LogP contribution in [0.25, 0.3) is 0 Å². The number of carbonyl (C=O) groups is 1. The molecule has 0 fully saturated rings. The molecule has 0 aliphatic heterocycles. The normalized spacial score (nSPS) is 11.1. The largest absolute Gasteiger partial charge is 0.340 e. The van der Waals surface area contributed by atoms with Gasteiger partial charge in [-0.25, -0.2) is 0 Å². The number of terminal acetylenes is 1. The number of nitrogens with one attached hydrogen (secondary N) is 1. The highest BCUT2D eigenvalue weighted by atomic mass is 16.2. The van der Waals surface area contributed by atoms with Gasteiger partial charge in [0.05, 0.1) is 5.54 Å². The molecule has 2 nitrogen and oxygen atoms in total. The van der Waals surface area contributed by atoms with Crippen LogP contribution in [0.15, 0.2) is 0 Å². The van der Waals surface area contributed by atoms with Crippen molar-refractivity contribution in [1.29, 1.82) is 0 Å². The number of rotatable bonds is 4. The quantitative estimate of drug-likeness (QED) is 0.660. The van der Waals surface area contributed by atoms with E-state index in [9.17, 15) is 4.79 Å². The lowest BCUT2D eigenvalue weighted by molar-refractivity contribution is -0.126. The Balaban J connectivity index is 4.23. The zero-order valence-corrected chi connectivity index (χ0v) is 8.98. The van der Waals surface area contributed by atoms with E-state index in [0.29, 0.717) is 0 Å². The van der Waals surface area contributed by atoms with Crippen molar-refractivity contribution >= 4 is 5.91 Å². The van der Waals surface area contributed by atoms with Gasteiger partial charge in [0.25, 0.3) is 0 Å². The molecule has 1 amide bonds. The fourth-order valence-corrected chi connectivity index (χ4v) is 1.11. The second-order valence-corrected chi connectivity index (χ2v) is 3.77. The molecular weight excluding hydrogens is 162 g/mol. The first-order valence-electron chi connectivity index (χ1n) is 4.76. The van der Waals surface area contributed by atoms with Gasteiger partial charge in [-0.1, -0.05) is 19.8 Å². The van der Waals surface area contributed by atoms with Crippen LogP contribution in [0.1, 0.15) is 40.5 Å². The zero-order valence-electron chi connectivity index (χ0n) is 8.98. The molecule has 0 aromatic rings. The maximum Gasteiger partial charge on any atom is 0.224 e. The SMILES string of the molecule is C#CC(C)(C)NC(=O)C(CC)CC. The van der Waals surface area contributed by atoms with Crippen molar-refractivity contribution in [2.45, 2.75) is 46.1 Å². The summed E-state index contributed by atoms with van der Waals surface area (Å²) < 4.78 is 0. The molecule has 74 valence electrons. The first kappa shape index (κ1) is 12.0. The first-order valence-corrected chi connectivity index (χ1v) is 4.76. The molecule has 13 heavy (non-hydrogen) atoms. The fourth-order valence-electron chi connectivity index (χ4n) is 1.11. The third-order valence-electron chi connectivity index (χ3n) is 2.15. The second kappa shape index (κ2) is 4.91. The molecule has 0 bridgehead atoms. The maximum absolute atomic E-state index is 11.6. The van der Waals surface area contributed by atoms with E-state index >= 15 is 0 Å². The van der Waals surface area contributed by atoms with Crippen LogP contribution >= 0.6 is 0 Å². The lowest BCUT2D eigenvalue weighted by atomic mass is 9.99. The summed E-state index contributed by atoms with van der Waals surface area (Å²) in [6.45, 7) is 7.67. The van der Waals surface area contributed by atoms with Gasteiger partial charge >= 0.3 is 0 Å². The molecule has 0 atom stereocenters. The van der Waals surface area contributed by atoms with Crippen molar-refractivity contribution in [2.75, 3.05) is 0 Å². The van der Waals surface area contributed by atoms with E-state index in [1.54, 1.807) is 0 Å². The Hall–Kier alpha value is -0.970. The van der Waals surface area contributed by atoms with E-state index in [4.69, 9.17) is 6.42 Å². The predicted octanol–water partition coefficient (Wildman–Crippen LogP) is 1.95. The average Bonchev–Trinajstić information content (AvgIpc) is 2.06. The number of hydrogen-bond acceptors (Lipinski definition) is 1. The van der Waals surface area contributed by atoms with Gasteiger partial charge in [-0.05, 0) is 26.7 Å². The van der Waals surface area contributed by atoms with Crippen LogP contribution in [0.5, 0.6) is 0 Å². The van der Waals surface area contributed by atoms with Crippen LogP contribution in [0.3, 0.4) is 0 Å². The van der Waals surface area contributed by atoms with Crippen LogP contribution in [0.2, 0.25) is 0 Å². The molecule has 0 saturated heterocycles. The van der Waals surface area contributed by atoms with Crippen LogP contribution in [0, 0.1) is 18.3 Å². The molecule has 0 spiro atoms. The van der Waals surface area contributed by atoms with Crippen LogP contribution < -0.4 is 5.32 Å². The summed E-state index contributed by atoms with van der Waals surface area (Å²) in [6.07, 6.45) is 7.00. The van der Waals surface area contributed by atoms with E-state index < -0.39 is 5.54 Å². The Morgan fingerprint density at radius 3 is 2.23 bits per heavy atom. The monoisotopic (exact) mass is 181 g/mol. The van der Waals surface area contributed by atoms with E-state index in [1.807, 2.05) is 27.7 Å². The lowest BCUT2D eigenvalue weighted by Gasteiger charge is -2.22. The van der Waals surface area contributed by atoms with E-state index in [1.165, 1.54) is 0 Å². The van der Waals surface area contributed by atoms with Crippen LogP contribution in [-0.4, -0.2) is 11.4 Å². The highest BCUT2D eigenvalue weighted by molar-refractivity contribution is 5.79. The molecule has 0 unspecified atom stereocenters. The summed E-state index contributed by atoms with van der Waals surface area (Å²) in [5.74, 6) is 2.70. The van der Waals surface area contributed by atoms with Crippen LogP contribution in [0.4, 0.5) is 0 Å². The molecule has 0 saturated carbocycles. The van der Waals surface area contributed by atoms with Crippen molar-refractivity contribution in [3.05, 3.63) is 0 Å². The van der Waals surface area contributed by atoms with Crippen LogP contribution in [-0.2, 0) is 4.79 Å². The Kier molecular flexibility index (Phi) is 4.55. The van der Waals surface area contributed by atoms with Gasteiger partial charge in [0, 0.05) is 5.92 Å². The highest BCUT2D eigenvalue weighted by Gasteiger charge is 2.21. The molecule has 0 rings (SSSR count). The third-order valence-corrected chi connectivity index (χ3v) is 2.15. The summed E-state index contributed by atoms with van der Waals surface area (Å²) in [7, 11) is 0. The fraction of sp³-hybridized carbons (Fsp3) is 0.727. The molecule has 2 heteroatoms. The molecular formula is C11H19NO. The van der Waals surface area contributed by atoms with Crippen molar-refractivity contribution in [3.63, 3.8) is 0 Å². The molecule has 0 heterocycles. The molecule has 0 aliphatic rings. The summed E-state index contributed by atoms with van der Waals surface area (Å²) in [6, 6.07) is 0. The lowest BCUT2D eigenvalue weighted by Crippen LogP contribution is -2.44. The molecule has 0 aliphatic carbocycles. The molecule has 0 aromatic carbocycles. The van der Waals surface area contributed by atoms with Crippen molar-refractivity contribution in [2.24, 2.45) is 5.92 Å². The Morgan fingerprint density at radius 1 is 1.46 bits per heavy atom. The smallest absolute Gasteiger partial charge is 0.224 e. The maximum atomic E-state index is 11.6. The van der Waals surface area contributed by atoms with E-state index in [2.05, 4.69) is 11.2 Å². The van der Waals surface area contributed by atoms with Crippen molar-refractivity contribution in [1.82, 2.24) is 5.32 Å². The second-order valence-electron chi connectivity index (χ2n) is 3.77. The highest BCUT2D eigenvalue weighted by Crippen LogP contribution is 2.09. The van der Waals surface area contributed by atoms with Gasteiger partial charge in [-0.15, -0.1) is 6.42 Å². The standard InChI is InChI=1S/C11H19NO/c1-6-9(7-2)10(13)12-11(4,5)8-3/h3,9H,6-7H2,1-2,4-5H3,(H,12,13). The average molecular weight is 181 g/mol. The molecule has 0 aromatic heterocycles. The van der Waals surface area contributed by atoms with Crippen molar-refractivity contribution < 1.29 is 4.79 Å². The number of hydrogen-bond donors (Lipinski definition) is 1. The van der Waals surface area contributed by atoms with E-state index in [-0.39, 0.29) is 11.8 Å². The number of amides is 1. The molecule has 1 N–H and O–H groups in total. The summed E-state index contributed by atoms with van der Waals surface area (Å²) in [5.41, 5.74) is -0.528. The third kappa shape index (κ3) is 3.98. The minimum Gasteiger partial charge on any atom is -0.340 e. The minimum absolute atomic E-state index is 0.0629. The van der Waals surface area contributed by atoms with E-state index in [0.717, 1.165) is 12.8 Å². The summed E-state index contributed by atoms with van der Waals surface area (Å²) in [4.78, 5) is 11.6. The van der Waals surface area contributed by atoms with Gasteiger partial charge in [0.2, 0.25) is 5.91 Å². The summed E-state index contributed by atoms with van der Waals surface area (Å²) >= 11 is 0. The molecule has 0 radical (unpaired) electrons. The first-order chi connectivity index (χ1) is 5.96. The number of carbonyl (C=O) groups excluding carboxylic acids is 1. The predicted molar refractivity (Wildman–Crippen MR) is 55.1 cm³/mol. The Bertz CT molecular complexity index is 209. The van der Waals surface area contributed by atoms with Gasteiger partial charge in [0.15, 0.2) is 0 Å². The van der Waals surface area contributed by atoms with Gasteiger partial charge in [-0.3, -0.25) is 4.79 Å². The summed E-state index contributed by atoms with van der Waals surface area (Å²) in [5, 5.41) is 2.83. The van der Waals surface area contributed by atoms with Crippen molar-refractivity contribution in [3.8, 4) is 12.3 Å². The zero-order chi connectivity index (χ0) is 10.5. The minimum atomic E-state index is -0.528. The Labute approximate surface area is 81.1 Å².